The molecule has 0 saturated carbocycles. The molecule has 0 aromatic carbocycles. The molecule has 0 unspecified atom stereocenters. The first-order valence-corrected chi connectivity index (χ1v) is 4.20. The zero-order valence-electron chi connectivity index (χ0n) is 7.21. The van der Waals surface area contributed by atoms with Gasteiger partial charge in [0, 0.05) is 19.0 Å². The summed E-state index contributed by atoms with van der Waals surface area (Å²) < 4.78 is 5.40. The fourth-order valence-electron chi connectivity index (χ4n) is 1.21. The van der Waals surface area contributed by atoms with Gasteiger partial charge in [0.25, 0.3) is 0 Å². The Labute approximate surface area is 67.7 Å². The second kappa shape index (κ2) is 4.04. The summed E-state index contributed by atoms with van der Waals surface area (Å²) in [6.45, 7) is 6.29. The van der Waals surface area contributed by atoms with Crippen molar-refractivity contribution in [3.8, 4) is 0 Å². The molecule has 0 bridgehead atoms. The molecule has 3 nitrogen and oxygen atoms in total. The molecule has 0 spiro atoms. The average molecular weight is 159 g/mol. The summed E-state index contributed by atoms with van der Waals surface area (Å²) in [6.07, 6.45) is 0.0524. The summed E-state index contributed by atoms with van der Waals surface area (Å²) >= 11 is 0. The number of nitrogens with one attached hydrogen (secondary N) is 1. The van der Waals surface area contributed by atoms with Crippen LogP contribution >= 0.6 is 0 Å². The third-order valence-corrected chi connectivity index (χ3v) is 1.95. The van der Waals surface area contributed by atoms with E-state index in [9.17, 15) is 5.11 Å². The smallest absolute Gasteiger partial charge is 0.0726 e. The van der Waals surface area contributed by atoms with Crippen LogP contribution in [-0.2, 0) is 4.74 Å². The zero-order valence-corrected chi connectivity index (χ0v) is 7.21. The average Bonchev–Trinajstić information content (AvgIpc) is 2.31. The van der Waals surface area contributed by atoms with Crippen molar-refractivity contribution in [3.63, 3.8) is 0 Å². The van der Waals surface area contributed by atoms with Gasteiger partial charge in [0.2, 0.25) is 0 Å². The third kappa shape index (κ3) is 2.77. The SMILES string of the molecule is CC(C)OC[C@@H]1CNC[C@H]1O. The van der Waals surface area contributed by atoms with E-state index in [1.807, 2.05) is 13.8 Å². The van der Waals surface area contributed by atoms with Gasteiger partial charge < -0.3 is 15.2 Å². The summed E-state index contributed by atoms with van der Waals surface area (Å²) in [5, 5.41) is 12.5. The van der Waals surface area contributed by atoms with Gasteiger partial charge in [-0.15, -0.1) is 0 Å². The number of aliphatic hydroxyl groups excluding tert-OH is 1. The van der Waals surface area contributed by atoms with Crippen LogP contribution in [0, 0.1) is 5.92 Å². The van der Waals surface area contributed by atoms with Crippen molar-refractivity contribution in [2.75, 3.05) is 19.7 Å². The van der Waals surface area contributed by atoms with Crippen LogP contribution in [0.3, 0.4) is 0 Å². The fraction of sp³-hybridized carbons (Fsp3) is 1.00. The molecule has 1 aliphatic heterocycles. The number of β-amino-alcohol motifs (C(OH)–C–C–N with tert-alkyl or cyclic N) is 1. The van der Waals surface area contributed by atoms with E-state index in [4.69, 9.17) is 4.74 Å². The molecule has 2 atom stereocenters. The van der Waals surface area contributed by atoms with Gasteiger partial charge in [-0.3, -0.25) is 0 Å². The van der Waals surface area contributed by atoms with Crippen molar-refractivity contribution in [1.82, 2.24) is 5.32 Å². The molecular formula is C8H17NO2. The van der Waals surface area contributed by atoms with E-state index in [0.29, 0.717) is 13.2 Å². The van der Waals surface area contributed by atoms with Crippen LogP contribution in [0.4, 0.5) is 0 Å². The van der Waals surface area contributed by atoms with Gasteiger partial charge in [-0.25, -0.2) is 0 Å². The van der Waals surface area contributed by atoms with E-state index in [1.54, 1.807) is 0 Å². The predicted molar refractivity (Wildman–Crippen MR) is 43.5 cm³/mol. The Morgan fingerprint density at radius 1 is 1.55 bits per heavy atom. The van der Waals surface area contributed by atoms with Gasteiger partial charge in [0.15, 0.2) is 0 Å². The lowest BCUT2D eigenvalue weighted by Crippen LogP contribution is -2.24. The van der Waals surface area contributed by atoms with Crippen LogP contribution < -0.4 is 5.32 Å². The maximum atomic E-state index is 9.36. The van der Waals surface area contributed by atoms with Gasteiger partial charge in [0.1, 0.15) is 0 Å². The standard InChI is InChI=1S/C8H17NO2/c1-6(2)11-5-7-3-9-4-8(7)10/h6-10H,3-5H2,1-2H3/t7-,8+/m0/s1. The number of hydrogen-bond acceptors (Lipinski definition) is 3. The maximum Gasteiger partial charge on any atom is 0.0726 e. The summed E-state index contributed by atoms with van der Waals surface area (Å²) in [7, 11) is 0. The molecule has 1 rings (SSSR count). The highest BCUT2D eigenvalue weighted by Crippen LogP contribution is 2.09. The molecule has 1 fully saturated rings. The van der Waals surface area contributed by atoms with Gasteiger partial charge in [0.05, 0.1) is 18.8 Å². The van der Waals surface area contributed by atoms with Crippen molar-refractivity contribution in [1.29, 1.82) is 0 Å². The molecule has 1 saturated heterocycles. The van der Waals surface area contributed by atoms with Crippen molar-refractivity contribution in [2.24, 2.45) is 5.92 Å². The van der Waals surface area contributed by atoms with Crippen molar-refractivity contribution in [3.05, 3.63) is 0 Å². The summed E-state index contributed by atoms with van der Waals surface area (Å²) in [6, 6.07) is 0. The Kier molecular flexibility index (Phi) is 3.30. The van der Waals surface area contributed by atoms with Crippen molar-refractivity contribution >= 4 is 0 Å². The lowest BCUT2D eigenvalue weighted by molar-refractivity contribution is 0.0215. The first kappa shape index (κ1) is 8.97. The summed E-state index contributed by atoms with van der Waals surface area (Å²) in [4.78, 5) is 0. The van der Waals surface area contributed by atoms with E-state index in [1.165, 1.54) is 0 Å². The number of ether oxygens (including phenoxy) is 1. The number of rotatable bonds is 3. The first-order valence-electron chi connectivity index (χ1n) is 4.20. The highest BCUT2D eigenvalue weighted by molar-refractivity contribution is 4.79. The number of aliphatic hydroxyl groups is 1. The highest BCUT2D eigenvalue weighted by atomic mass is 16.5. The van der Waals surface area contributed by atoms with E-state index in [0.717, 1.165) is 6.54 Å². The van der Waals surface area contributed by atoms with Gasteiger partial charge >= 0.3 is 0 Å². The second-order valence-electron chi connectivity index (χ2n) is 3.37. The van der Waals surface area contributed by atoms with Crippen LogP contribution in [0.15, 0.2) is 0 Å². The van der Waals surface area contributed by atoms with Crippen molar-refractivity contribution in [2.45, 2.75) is 26.1 Å². The Hall–Kier alpha value is -0.120. The van der Waals surface area contributed by atoms with Crippen LogP contribution in [0.1, 0.15) is 13.8 Å². The lowest BCUT2D eigenvalue weighted by atomic mass is 10.1. The normalized spacial score (nSPS) is 31.6. The minimum atomic E-state index is -0.214. The molecule has 0 radical (unpaired) electrons. The van der Waals surface area contributed by atoms with Crippen LogP contribution in [0.5, 0.6) is 0 Å². The van der Waals surface area contributed by atoms with E-state index in [-0.39, 0.29) is 18.1 Å². The lowest BCUT2D eigenvalue weighted by Gasteiger charge is -2.15. The molecule has 2 N–H and O–H groups in total. The molecule has 1 heterocycles. The van der Waals surface area contributed by atoms with Gasteiger partial charge in [-0.05, 0) is 13.8 Å². The predicted octanol–water partition coefficient (Wildman–Crippen LogP) is -0.00830. The van der Waals surface area contributed by atoms with Crippen LogP contribution in [-0.4, -0.2) is 37.0 Å². The second-order valence-corrected chi connectivity index (χ2v) is 3.37. The monoisotopic (exact) mass is 159 g/mol. The Balaban J connectivity index is 2.15. The summed E-state index contributed by atoms with van der Waals surface area (Å²) in [5.74, 6) is 0.289. The van der Waals surface area contributed by atoms with E-state index < -0.39 is 0 Å². The molecule has 0 aromatic rings. The molecule has 11 heavy (non-hydrogen) atoms. The number of hydrogen-bond donors (Lipinski definition) is 2. The minimum Gasteiger partial charge on any atom is -0.391 e. The molecule has 3 heteroatoms. The largest absolute Gasteiger partial charge is 0.391 e. The molecule has 1 aliphatic rings. The first-order chi connectivity index (χ1) is 5.20. The highest BCUT2D eigenvalue weighted by Gasteiger charge is 2.24. The van der Waals surface area contributed by atoms with Gasteiger partial charge in [-0.2, -0.15) is 0 Å². The molecule has 0 amide bonds. The van der Waals surface area contributed by atoms with Crippen molar-refractivity contribution < 1.29 is 9.84 Å². The zero-order chi connectivity index (χ0) is 8.27. The van der Waals surface area contributed by atoms with Crippen LogP contribution in [0.25, 0.3) is 0 Å². The fourth-order valence-corrected chi connectivity index (χ4v) is 1.21. The van der Waals surface area contributed by atoms with E-state index >= 15 is 0 Å². The van der Waals surface area contributed by atoms with E-state index in [2.05, 4.69) is 5.32 Å². The summed E-state index contributed by atoms with van der Waals surface area (Å²) in [5.41, 5.74) is 0. The Morgan fingerprint density at radius 2 is 2.27 bits per heavy atom. The quantitative estimate of drug-likeness (QED) is 0.608. The minimum absolute atomic E-state index is 0.214. The Morgan fingerprint density at radius 3 is 2.73 bits per heavy atom. The van der Waals surface area contributed by atoms with Crippen LogP contribution in [0.2, 0.25) is 0 Å². The molecule has 66 valence electrons. The molecule has 0 aliphatic carbocycles. The third-order valence-electron chi connectivity index (χ3n) is 1.95. The molecular weight excluding hydrogens is 142 g/mol. The van der Waals surface area contributed by atoms with Gasteiger partial charge in [-0.1, -0.05) is 0 Å². The Bertz CT molecular complexity index is 117. The topological polar surface area (TPSA) is 41.5 Å². The molecule has 0 aromatic heterocycles. The maximum absolute atomic E-state index is 9.36.